The van der Waals surface area contributed by atoms with E-state index >= 15 is 0 Å². The maximum absolute atomic E-state index is 12.9. The minimum absolute atomic E-state index is 0.0470. The van der Waals surface area contributed by atoms with Gasteiger partial charge in [0.15, 0.2) is 0 Å². The molecule has 0 spiro atoms. The van der Waals surface area contributed by atoms with Gasteiger partial charge in [0.1, 0.15) is 28.4 Å². The number of benzene rings is 3. The monoisotopic (exact) mass is 523 g/mol. The number of hydrogen-bond donors (Lipinski definition) is 1. The summed E-state index contributed by atoms with van der Waals surface area (Å²) in [5, 5.41) is 0.508. The van der Waals surface area contributed by atoms with Crippen molar-refractivity contribution in [2.24, 2.45) is 0 Å². The van der Waals surface area contributed by atoms with Crippen molar-refractivity contribution in [2.75, 3.05) is 4.72 Å². The Hall–Kier alpha value is -2.71. The first-order valence-electron chi connectivity index (χ1n) is 9.57. The molecular weight excluding hydrogens is 509 g/mol. The van der Waals surface area contributed by atoms with E-state index in [1.807, 2.05) is 30.3 Å². The zero-order chi connectivity index (χ0) is 23.8. The number of halogens is 3. The number of fused-ring (bicyclic) bond motifs is 1. The van der Waals surface area contributed by atoms with E-state index in [2.05, 4.69) is 4.72 Å². The molecule has 170 valence electrons. The largest absolute Gasteiger partial charge is 0.460 e. The van der Waals surface area contributed by atoms with Crippen LogP contribution in [0.2, 0.25) is 15.1 Å². The third-order valence-corrected chi connectivity index (χ3v) is 7.37. The van der Waals surface area contributed by atoms with Crippen LogP contribution in [0.5, 0.6) is 0 Å². The van der Waals surface area contributed by atoms with E-state index in [0.717, 1.165) is 5.56 Å². The summed E-state index contributed by atoms with van der Waals surface area (Å²) < 4.78 is 39.3. The summed E-state index contributed by atoms with van der Waals surface area (Å²) in [5.74, 6) is -0.224. The molecule has 0 aliphatic rings. The molecule has 0 amide bonds. The Balaban J connectivity index is 1.64. The first kappa shape index (κ1) is 23.4. The van der Waals surface area contributed by atoms with Crippen molar-refractivity contribution in [1.82, 2.24) is 0 Å². The van der Waals surface area contributed by atoms with Gasteiger partial charge in [-0.3, -0.25) is 4.72 Å². The molecule has 0 unspecified atom stereocenters. The van der Waals surface area contributed by atoms with E-state index in [1.165, 1.54) is 24.3 Å². The molecule has 6 nitrogen and oxygen atoms in total. The molecular formula is C23H16Cl3NO5S. The first-order valence-corrected chi connectivity index (χ1v) is 12.2. The predicted molar refractivity (Wildman–Crippen MR) is 129 cm³/mol. The molecule has 1 aromatic heterocycles. The summed E-state index contributed by atoms with van der Waals surface area (Å²) in [6.45, 7) is 1.73. The zero-order valence-corrected chi connectivity index (χ0v) is 20.1. The molecule has 0 saturated carbocycles. The van der Waals surface area contributed by atoms with Gasteiger partial charge in [0.25, 0.3) is 10.0 Å². The normalized spacial score (nSPS) is 11.5. The number of anilines is 1. The number of carbonyl (C=O) groups excluding carboxylic acids is 1. The number of ether oxygens (including phenoxy) is 1. The van der Waals surface area contributed by atoms with Crippen molar-refractivity contribution < 1.29 is 22.4 Å². The van der Waals surface area contributed by atoms with Crippen molar-refractivity contribution in [3.05, 3.63) is 92.6 Å². The lowest BCUT2D eigenvalue weighted by atomic mass is 10.1. The number of aryl methyl sites for hydroxylation is 1. The van der Waals surface area contributed by atoms with E-state index in [1.54, 1.807) is 13.0 Å². The van der Waals surface area contributed by atoms with Gasteiger partial charge >= 0.3 is 5.97 Å². The predicted octanol–water partition coefficient (Wildman–Crippen LogP) is 6.86. The maximum atomic E-state index is 12.9. The van der Waals surface area contributed by atoms with Gasteiger partial charge in [-0.2, -0.15) is 0 Å². The Bertz CT molecular complexity index is 1470. The van der Waals surface area contributed by atoms with E-state index in [9.17, 15) is 13.2 Å². The Morgan fingerprint density at radius 2 is 1.67 bits per heavy atom. The number of rotatable bonds is 6. The highest BCUT2D eigenvalue weighted by molar-refractivity contribution is 7.92. The summed E-state index contributed by atoms with van der Waals surface area (Å²) in [4.78, 5) is 12.5. The second-order valence-electron chi connectivity index (χ2n) is 7.11. The van der Waals surface area contributed by atoms with Gasteiger partial charge in [0, 0.05) is 11.1 Å². The highest BCUT2D eigenvalue weighted by Crippen LogP contribution is 2.34. The molecule has 0 radical (unpaired) electrons. The fraction of sp³-hybridized carbons (Fsp3) is 0.0870. The average molecular weight is 525 g/mol. The molecule has 10 heteroatoms. The van der Waals surface area contributed by atoms with Crippen LogP contribution in [0.25, 0.3) is 11.0 Å². The van der Waals surface area contributed by atoms with E-state index in [0.29, 0.717) is 16.7 Å². The van der Waals surface area contributed by atoms with Crippen LogP contribution in [0.1, 0.15) is 21.7 Å². The Morgan fingerprint density at radius 3 is 2.39 bits per heavy atom. The van der Waals surface area contributed by atoms with Crippen molar-refractivity contribution in [3.8, 4) is 0 Å². The topological polar surface area (TPSA) is 85.6 Å². The number of hydrogen-bond acceptors (Lipinski definition) is 5. The summed E-state index contributed by atoms with van der Waals surface area (Å²) >= 11 is 17.9. The number of sulfonamides is 1. The molecule has 0 aliphatic carbocycles. The van der Waals surface area contributed by atoms with Crippen molar-refractivity contribution in [2.45, 2.75) is 18.4 Å². The van der Waals surface area contributed by atoms with Crippen LogP contribution in [0, 0.1) is 6.92 Å². The van der Waals surface area contributed by atoms with Gasteiger partial charge in [-0.05, 0) is 42.8 Å². The minimum atomic E-state index is -4.10. The van der Waals surface area contributed by atoms with Gasteiger partial charge < -0.3 is 9.15 Å². The summed E-state index contributed by atoms with van der Waals surface area (Å²) in [6.07, 6.45) is 0. The van der Waals surface area contributed by atoms with Crippen LogP contribution in [0.4, 0.5) is 5.69 Å². The molecule has 33 heavy (non-hydrogen) atoms. The molecule has 4 rings (SSSR count). The maximum Gasteiger partial charge on any atom is 0.342 e. The Morgan fingerprint density at radius 1 is 0.970 bits per heavy atom. The molecule has 3 aromatic carbocycles. The number of nitrogens with one attached hydrogen (secondary N) is 1. The molecule has 0 aliphatic heterocycles. The van der Waals surface area contributed by atoms with E-state index in [4.69, 9.17) is 44.0 Å². The van der Waals surface area contributed by atoms with Gasteiger partial charge in [-0.25, -0.2) is 13.2 Å². The van der Waals surface area contributed by atoms with E-state index in [-0.39, 0.29) is 37.8 Å². The molecule has 1 heterocycles. The lowest BCUT2D eigenvalue weighted by Crippen LogP contribution is -2.13. The molecule has 0 saturated heterocycles. The standard InChI is InChI=1S/C23H16Cl3NO5S/c1-13-22(23(28)31-12-14-5-3-2-4-6-14)16-9-15(7-8-20(16)32-13)27-33(29,30)21-11-18(25)17(24)10-19(21)26/h2-11,27H,12H2,1H3. The molecule has 0 fully saturated rings. The second kappa shape index (κ2) is 9.27. The SMILES string of the molecule is Cc1oc2ccc(NS(=O)(=O)c3cc(Cl)c(Cl)cc3Cl)cc2c1C(=O)OCc1ccccc1. The number of carbonyl (C=O) groups is 1. The Labute approximate surface area is 205 Å². The minimum Gasteiger partial charge on any atom is -0.460 e. The van der Waals surface area contributed by atoms with Crippen LogP contribution >= 0.6 is 34.8 Å². The molecule has 4 aromatic rings. The van der Waals surface area contributed by atoms with Crippen molar-refractivity contribution in [3.63, 3.8) is 0 Å². The highest BCUT2D eigenvalue weighted by Gasteiger charge is 2.23. The Kier molecular flexibility index (Phi) is 6.59. The third kappa shape index (κ3) is 4.96. The smallest absolute Gasteiger partial charge is 0.342 e. The fourth-order valence-electron chi connectivity index (χ4n) is 3.25. The van der Waals surface area contributed by atoms with Gasteiger partial charge in [-0.15, -0.1) is 0 Å². The van der Waals surface area contributed by atoms with Crippen LogP contribution in [-0.4, -0.2) is 14.4 Å². The van der Waals surface area contributed by atoms with Gasteiger partial charge in [-0.1, -0.05) is 65.1 Å². The average Bonchev–Trinajstić information content (AvgIpc) is 3.10. The van der Waals surface area contributed by atoms with Crippen LogP contribution in [0.15, 0.2) is 70.0 Å². The molecule has 0 bridgehead atoms. The second-order valence-corrected chi connectivity index (χ2v) is 9.98. The fourth-order valence-corrected chi connectivity index (χ4v) is 5.30. The number of esters is 1. The van der Waals surface area contributed by atoms with Crippen LogP contribution in [-0.2, 0) is 21.4 Å². The molecule has 0 atom stereocenters. The van der Waals surface area contributed by atoms with Crippen LogP contribution < -0.4 is 4.72 Å². The lowest BCUT2D eigenvalue weighted by molar-refractivity contribution is 0.0473. The van der Waals surface area contributed by atoms with Crippen LogP contribution in [0.3, 0.4) is 0 Å². The van der Waals surface area contributed by atoms with E-state index < -0.39 is 16.0 Å². The zero-order valence-electron chi connectivity index (χ0n) is 17.1. The summed E-state index contributed by atoms with van der Waals surface area (Å²) in [6, 6.07) is 16.2. The third-order valence-electron chi connectivity index (χ3n) is 4.80. The van der Waals surface area contributed by atoms with Gasteiger partial charge in [0.2, 0.25) is 0 Å². The van der Waals surface area contributed by atoms with Gasteiger partial charge in [0.05, 0.1) is 15.1 Å². The highest BCUT2D eigenvalue weighted by atomic mass is 35.5. The summed E-state index contributed by atoms with van der Waals surface area (Å²) in [5.41, 5.74) is 1.66. The van der Waals surface area contributed by atoms with Crippen molar-refractivity contribution >= 4 is 67.5 Å². The first-order chi connectivity index (χ1) is 15.7. The lowest BCUT2D eigenvalue weighted by Gasteiger charge is -2.11. The molecule has 1 N–H and O–H groups in total. The van der Waals surface area contributed by atoms with Crippen molar-refractivity contribution in [1.29, 1.82) is 0 Å². The number of furan rings is 1. The quantitative estimate of drug-likeness (QED) is 0.220. The summed E-state index contributed by atoms with van der Waals surface area (Å²) in [7, 11) is -4.10.